The molecule has 0 radical (unpaired) electrons. The lowest BCUT2D eigenvalue weighted by molar-refractivity contribution is -0.116. The van der Waals surface area contributed by atoms with Crippen molar-refractivity contribution >= 4 is 28.8 Å². The summed E-state index contributed by atoms with van der Waals surface area (Å²) >= 11 is 1.51. The number of aryl methyl sites for hydroxylation is 1. The van der Waals surface area contributed by atoms with Gasteiger partial charge < -0.3 is 15.5 Å². The molecule has 0 bridgehead atoms. The number of rotatable bonds is 6. The summed E-state index contributed by atoms with van der Waals surface area (Å²) in [5.74, 6) is -1.03. The molecule has 0 aliphatic heterocycles. The fourth-order valence-corrected chi connectivity index (χ4v) is 2.87. The zero-order valence-corrected chi connectivity index (χ0v) is 14.6. The zero-order chi connectivity index (χ0) is 18.7. The van der Waals surface area contributed by atoms with Crippen LogP contribution in [0.5, 0.6) is 0 Å². The van der Waals surface area contributed by atoms with Crippen LogP contribution in [-0.4, -0.2) is 22.0 Å². The molecular formula is C17H15FN4O3S. The highest BCUT2D eigenvalue weighted by Gasteiger charge is 2.14. The van der Waals surface area contributed by atoms with Crippen LogP contribution in [0.3, 0.4) is 0 Å². The van der Waals surface area contributed by atoms with E-state index in [1.165, 1.54) is 24.3 Å². The van der Waals surface area contributed by atoms with E-state index >= 15 is 0 Å². The van der Waals surface area contributed by atoms with Crippen LogP contribution in [0.15, 0.2) is 33.4 Å². The van der Waals surface area contributed by atoms with Crippen LogP contribution in [0.25, 0.3) is 11.5 Å². The molecule has 0 atom stereocenters. The highest BCUT2D eigenvalue weighted by atomic mass is 32.1. The van der Waals surface area contributed by atoms with Crippen molar-refractivity contribution in [3.05, 3.63) is 51.8 Å². The first-order valence-corrected chi connectivity index (χ1v) is 8.63. The number of nitrogens with one attached hydrogen (secondary N) is 1. The molecule has 3 rings (SSSR count). The van der Waals surface area contributed by atoms with E-state index in [4.69, 9.17) is 10.2 Å². The maximum absolute atomic E-state index is 13.8. The molecule has 0 saturated carbocycles. The first-order chi connectivity index (χ1) is 12.4. The van der Waals surface area contributed by atoms with E-state index in [0.29, 0.717) is 11.8 Å². The van der Waals surface area contributed by atoms with Gasteiger partial charge in [-0.05, 0) is 30.5 Å². The average Bonchev–Trinajstić information content (AvgIpc) is 3.27. The Labute approximate surface area is 152 Å². The number of carbonyl (C=O) groups excluding carboxylic acids is 2. The molecule has 0 spiro atoms. The second-order valence-corrected chi connectivity index (χ2v) is 6.34. The summed E-state index contributed by atoms with van der Waals surface area (Å²) in [5, 5.41) is 14.2. The van der Waals surface area contributed by atoms with Crippen molar-refractivity contribution in [1.29, 1.82) is 0 Å². The van der Waals surface area contributed by atoms with Crippen LogP contribution >= 0.6 is 11.3 Å². The Morgan fingerprint density at radius 2 is 2.15 bits per heavy atom. The summed E-state index contributed by atoms with van der Waals surface area (Å²) in [4.78, 5) is 23.4. The van der Waals surface area contributed by atoms with Crippen molar-refractivity contribution < 1.29 is 18.4 Å². The molecule has 0 saturated heterocycles. The number of nitrogens with zero attached hydrogens (tertiary/aromatic N) is 2. The fourth-order valence-electron chi connectivity index (χ4n) is 2.24. The molecular weight excluding hydrogens is 359 g/mol. The molecule has 2 aromatic heterocycles. The Bertz CT molecular complexity index is 953. The van der Waals surface area contributed by atoms with Crippen LogP contribution in [0.2, 0.25) is 0 Å². The lowest BCUT2D eigenvalue weighted by Crippen LogP contribution is -2.16. The minimum atomic E-state index is -0.772. The number of carbonyl (C=O) groups is 2. The maximum atomic E-state index is 13.8. The Hall–Kier alpha value is -3.07. The van der Waals surface area contributed by atoms with Crippen LogP contribution in [0.1, 0.15) is 28.2 Å². The number of halogens is 1. The Morgan fingerprint density at radius 1 is 1.35 bits per heavy atom. The second-order valence-electron chi connectivity index (χ2n) is 5.56. The fraction of sp³-hybridized carbons (Fsp3) is 0.176. The largest absolute Gasteiger partial charge is 0.421 e. The van der Waals surface area contributed by atoms with Gasteiger partial charge in [0, 0.05) is 40.6 Å². The topological polar surface area (TPSA) is 111 Å². The third-order valence-electron chi connectivity index (χ3n) is 3.70. The van der Waals surface area contributed by atoms with Crippen LogP contribution < -0.4 is 11.1 Å². The SMILES string of the molecule is Cc1c(F)cc(C(N)=O)cc1NC(=O)CCc1nnc(-c2ccsc2)o1. The van der Waals surface area contributed by atoms with Gasteiger partial charge in [-0.2, -0.15) is 11.3 Å². The Balaban J connectivity index is 1.64. The summed E-state index contributed by atoms with van der Waals surface area (Å²) in [7, 11) is 0. The summed E-state index contributed by atoms with van der Waals surface area (Å²) in [6, 6.07) is 4.25. The molecule has 1 aromatic carbocycles. The number of hydrogen-bond acceptors (Lipinski definition) is 6. The van der Waals surface area contributed by atoms with Crippen LogP contribution in [0, 0.1) is 12.7 Å². The summed E-state index contributed by atoms with van der Waals surface area (Å²) in [5.41, 5.74) is 6.40. The molecule has 0 aliphatic rings. The van der Waals surface area contributed by atoms with Crippen molar-refractivity contribution in [2.24, 2.45) is 5.73 Å². The quantitative estimate of drug-likeness (QED) is 0.689. The van der Waals surface area contributed by atoms with Gasteiger partial charge >= 0.3 is 0 Å². The smallest absolute Gasteiger partial charge is 0.248 e. The number of hydrogen-bond donors (Lipinski definition) is 2. The van der Waals surface area contributed by atoms with E-state index in [1.54, 1.807) is 0 Å². The van der Waals surface area contributed by atoms with Crippen molar-refractivity contribution in [3.8, 4) is 11.5 Å². The minimum Gasteiger partial charge on any atom is -0.421 e. The minimum absolute atomic E-state index is 0.0132. The predicted octanol–water partition coefficient (Wildman–Crippen LogP) is 2.92. The first-order valence-electron chi connectivity index (χ1n) is 7.69. The van der Waals surface area contributed by atoms with Crippen molar-refractivity contribution in [2.75, 3.05) is 5.32 Å². The van der Waals surface area contributed by atoms with E-state index in [9.17, 15) is 14.0 Å². The molecule has 7 nitrogen and oxygen atoms in total. The molecule has 0 unspecified atom stereocenters. The normalized spacial score (nSPS) is 10.7. The van der Waals surface area contributed by atoms with Gasteiger partial charge in [0.15, 0.2) is 0 Å². The van der Waals surface area contributed by atoms with Gasteiger partial charge in [0.2, 0.25) is 23.6 Å². The highest BCUT2D eigenvalue weighted by molar-refractivity contribution is 7.08. The number of thiophene rings is 1. The number of primary amides is 1. The molecule has 3 N–H and O–H groups in total. The second kappa shape index (κ2) is 7.44. The number of amides is 2. The van der Waals surface area contributed by atoms with Gasteiger partial charge in [-0.1, -0.05) is 0 Å². The van der Waals surface area contributed by atoms with E-state index in [0.717, 1.165) is 11.6 Å². The lowest BCUT2D eigenvalue weighted by atomic mass is 10.1. The third-order valence-corrected chi connectivity index (χ3v) is 4.39. The molecule has 3 aromatic rings. The monoisotopic (exact) mass is 374 g/mol. The standard InChI is InChI=1S/C17H15FN4O3S/c1-9-12(18)6-11(16(19)24)7-13(9)20-14(23)2-3-15-21-22-17(25-15)10-4-5-26-8-10/h4-8H,2-3H2,1H3,(H2,19,24)(H,20,23). The molecule has 9 heteroatoms. The van der Waals surface area contributed by atoms with Gasteiger partial charge in [-0.25, -0.2) is 4.39 Å². The molecule has 26 heavy (non-hydrogen) atoms. The lowest BCUT2D eigenvalue weighted by Gasteiger charge is -2.10. The van der Waals surface area contributed by atoms with Crippen LogP contribution in [-0.2, 0) is 11.2 Å². The van der Waals surface area contributed by atoms with Crippen molar-refractivity contribution in [3.63, 3.8) is 0 Å². The van der Waals surface area contributed by atoms with Crippen molar-refractivity contribution in [2.45, 2.75) is 19.8 Å². The molecule has 2 heterocycles. The Morgan fingerprint density at radius 3 is 2.85 bits per heavy atom. The van der Waals surface area contributed by atoms with Gasteiger partial charge in [0.1, 0.15) is 5.82 Å². The molecule has 134 valence electrons. The van der Waals surface area contributed by atoms with Crippen LogP contribution in [0.4, 0.5) is 10.1 Å². The van der Waals surface area contributed by atoms with Gasteiger partial charge in [0.25, 0.3) is 0 Å². The van der Waals surface area contributed by atoms with Crippen molar-refractivity contribution in [1.82, 2.24) is 10.2 Å². The van der Waals surface area contributed by atoms with E-state index in [-0.39, 0.29) is 35.6 Å². The summed E-state index contributed by atoms with van der Waals surface area (Å²) < 4.78 is 19.4. The van der Waals surface area contributed by atoms with E-state index in [2.05, 4.69) is 15.5 Å². The molecule has 2 amide bonds. The van der Waals surface area contributed by atoms with Gasteiger partial charge in [-0.15, -0.1) is 10.2 Å². The first kappa shape index (κ1) is 17.7. The van der Waals surface area contributed by atoms with Gasteiger partial charge in [0.05, 0.1) is 0 Å². The molecule has 0 aliphatic carbocycles. The average molecular weight is 374 g/mol. The number of benzene rings is 1. The Kier molecular flexibility index (Phi) is 5.08. The molecule has 0 fully saturated rings. The van der Waals surface area contributed by atoms with Gasteiger partial charge in [-0.3, -0.25) is 9.59 Å². The number of anilines is 1. The number of nitrogens with two attached hydrogens (primary N) is 1. The third kappa shape index (κ3) is 3.94. The summed E-state index contributed by atoms with van der Waals surface area (Å²) in [6.07, 6.45) is 0.299. The maximum Gasteiger partial charge on any atom is 0.248 e. The highest BCUT2D eigenvalue weighted by Crippen LogP contribution is 2.22. The van der Waals surface area contributed by atoms with E-state index < -0.39 is 11.7 Å². The number of aromatic nitrogens is 2. The van der Waals surface area contributed by atoms with E-state index in [1.807, 2.05) is 16.8 Å². The predicted molar refractivity (Wildman–Crippen MR) is 94.2 cm³/mol. The zero-order valence-electron chi connectivity index (χ0n) is 13.8. The summed E-state index contributed by atoms with van der Waals surface area (Å²) in [6.45, 7) is 1.50.